The van der Waals surface area contributed by atoms with Crippen LogP contribution in [0.1, 0.15) is 25.2 Å². The molecule has 0 aliphatic carbocycles. The second-order valence-corrected chi connectivity index (χ2v) is 3.56. The van der Waals surface area contributed by atoms with Crippen molar-refractivity contribution in [1.82, 2.24) is 9.58 Å². The van der Waals surface area contributed by atoms with Gasteiger partial charge in [0.15, 0.2) is 0 Å². The zero-order valence-electron chi connectivity index (χ0n) is 9.99. The standard InChI is InChI=1S/C11H20N4/c1-5-14(6-2)11(12)13-15-9(3)7-8-10(15)4/h7-8H,5-6H2,1-4H3,(H2,12,13). The van der Waals surface area contributed by atoms with E-state index in [9.17, 15) is 0 Å². The fourth-order valence-electron chi connectivity index (χ4n) is 1.53. The Labute approximate surface area is 91.4 Å². The van der Waals surface area contributed by atoms with Crippen LogP contribution in [0.25, 0.3) is 0 Å². The monoisotopic (exact) mass is 208 g/mol. The average Bonchev–Trinajstić information content (AvgIpc) is 2.51. The van der Waals surface area contributed by atoms with Gasteiger partial charge in [0.05, 0.1) is 0 Å². The zero-order valence-corrected chi connectivity index (χ0v) is 9.99. The first-order valence-corrected chi connectivity index (χ1v) is 5.34. The largest absolute Gasteiger partial charge is 0.368 e. The molecule has 0 saturated carbocycles. The molecule has 0 radical (unpaired) electrons. The summed E-state index contributed by atoms with van der Waals surface area (Å²) in [6.07, 6.45) is 0. The van der Waals surface area contributed by atoms with Crippen LogP contribution in [0, 0.1) is 13.8 Å². The summed E-state index contributed by atoms with van der Waals surface area (Å²) in [5.74, 6) is 0.572. The number of hydrogen-bond acceptors (Lipinski definition) is 1. The molecule has 4 nitrogen and oxygen atoms in total. The van der Waals surface area contributed by atoms with E-state index in [-0.39, 0.29) is 0 Å². The molecule has 0 spiro atoms. The fraction of sp³-hybridized carbons (Fsp3) is 0.545. The van der Waals surface area contributed by atoms with Gasteiger partial charge in [-0.15, -0.1) is 5.10 Å². The highest BCUT2D eigenvalue weighted by Gasteiger charge is 2.04. The maximum absolute atomic E-state index is 5.92. The first-order valence-electron chi connectivity index (χ1n) is 5.34. The summed E-state index contributed by atoms with van der Waals surface area (Å²) in [5.41, 5.74) is 8.12. The first kappa shape index (κ1) is 11.6. The number of nitrogens with two attached hydrogens (primary N) is 1. The second kappa shape index (κ2) is 4.87. The lowest BCUT2D eigenvalue weighted by atomic mass is 10.5. The molecule has 0 aliphatic heterocycles. The van der Waals surface area contributed by atoms with Gasteiger partial charge in [0, 0.05) is 24.5 Å². The predicted molar refractivity (Wildman–Crippen MR) is 63.8 cm³/mol. The molecule has 0 unspecified atom stereocenters. The Morgan fingerprint density at radius 2 is 1.73 bits per heavy atom. The highest BCUT2D eigenvalue weighted by molar-refractivity contribution is 5.77. The molecule has 4 heteroatoms. The van der Waals surface area contributed by atoms with Crippen LogP contribution in [0.15, 0.2) is 17.2 Å². The third kappa shape index (κ3) is 2.52. The summed E-state index contributed by atoms with van der Waals surface area (Å²) in [7, 11) is 0. The Kier molecular flexibility index (Phi) is 3.77. The van der Waals surface area contributed by atoms with Crippen molar-refractivity contribution in [1.29, 1.82) is 0 Å². The number of aryl methyl sites for hydroxylation is 2. The number of hydrogen-bond donors (Lipinski definition) is 1. The van der Waals surface area contributed by atoms with Gasteiger partial charge < -0.3 is 10.6 Å². The normalized spacial score (nSPS) is 11.9. The first-order chi connectivity index (χ1) is 7.10. The van der Waals surface area contributed by atoms with Crippen LogP contribution < -0.4 is 5.73 Å². The lowest BCUT2D eigenvalue weighted by Gasteiger charge is -2.19. The molecular formula is C11H20N4. The molecule has 2 N–H and O–H groups in total. The Bertz CT molecular complexity index is 328. The zero-order chi connectivity index (χ0) is 11.4. The highest BCUT2D eigenvalue weighted by Crippen LogP contribution is 2.06. The van der Waals surface area contributed by atoms with Crippen molar-refractivity contribution in [3.05, 3.63) is 23.5 Å². The molecule has 15 heavy (non-hydrogen) atoms. The molecule has 1 rings (SSSR count). The molecule has 0 bridgehead atoms. The summed E-state index contributed by atoms with van der Waals surface area (Å²) < 4.78 is 1.87. The van der Waals surface area contributed by atoms with Gasteiger partial charge in [-0.05, 0) is 39.8 Å². The van der Waals surface area contributed by atoms with E-state index < -0.39 is 0 Å². The lowest BCUT2D eigenvalue weighted by Crippen LogP contribution is -2.37. The van der Waals surface area contributed by atoms with Crippen LogP contribution in [0.4, 0.5) is 0 Å². The average molecular weight is 208 g/mol. The minimum Gasteiger partial charge on any atom is -0.368 e. The maximum Gasteiger partial charge on any atom is 0.214 e. The quantitative estimate of drug-likeness (QED) is 0.605. The van der Waals surface area contributed by atoms with Gasteiger partial charge >= 0.3 is 0 Å². The van der Waals surface area contributed by atoms with Gasteiger partial charge in [0.2, 0.25) is 5.96 Å². The molecule has 0 saturated heterocycles. The van der Waals surface area contributed by atoms with Crippen LogP contribution in [0.3, 0.4) is 0 Å². The van der Waals surface area contributed by atoms with E-state index in [1.807, 2.05) is 35.6 Å². The van der Waals surface area contributed by atoms with Gasteiger partial charge in [0.25, 0.3) is 0 Å². The lowest BCUT2D eigenvalue weighted by molar-refractivity contribution is 0.455. The number of nitrogens with zero attached hydrogens (tertiary/aromatic N) is 3. The van der Waals surface area contributed by atoms with Crippen molar-refractivity contribution >= 4 is 5.96 Å². The van der Waals surface area contributed by atoms with Crippen molar-refractivity contribution in [3.8, 4) is 0 Å². The summed E-state index contributed by atoms with van der Waals surface area (Å²) in [6, 6.07) is 4.07. The van der Waals surface area contributed by atoms with E-state index in [2.05, 4.69) is 18.9 Å². The fourth-order valence-corrected chi connectivity index (χ4v) is 1.53. The summed E-state index contributed by atoms with van der Waals surface area (Å²) in [4.78, 5) is 2.03. The molecule has 0 atom stereocenters. The van der Waals surface area contributed by atoms with E-state index in [0.29, 0.717) is 5.96 Å². The predicted octanol–water partition coefficient (Wildman–Crippen LogP) is 1.52. The third-order valence-electron chi connectivity index (χ3n) is 2.52. The van der Waals surface area contributed by atoms with Crippen molar-refractivity contribution in [3.63, 3.8) is 0 Å². The molecule has 0 aliphatic rings. The van der Waals surface area contributed by atoms with Gasteiger partial charge in [-0.3, -0.25) is 0 Å². The highest BCUT2D eigenvalue weighted by atomic mass is 15.4. The van der Waals surface area contributed by atoms with E-state index in [4.69, 9.17) is 5.73 Å². The Balaban J connectivity index is 2.96. The van der Waals surface area contributed by atoms with Crippen molar-refractivity contribution in [2.75, 3.05) is 13.1 Å². The Morgan fingerprint density at radius 3 is 2.13 bits per heavy atom. The maximum atomic E-state index is 5.92. The summed E-state index contributed by atoms with van der Waals surface area (Å²) >= 11 is 0. The molecular weight excluding hydrogens is 188 g/mol. The van der Waals surface area contributed by atoms with Gasteiger partial charge in [-0.25, -0.2) is 4.68 Å². The van der Waals surface area contributed by atoms with Gasteiger partial charge in [-0.1, -0.05) is 0 Å². The number of guanidine groups is 1. The molecule has 84 valence electrons. The topological polar surface area (TPSA) is 46.5 Å². The summed E-state index contributed by atoms with van der Waals surface area (Å²) in [6.45, 7) is 9.94. The van der Waals surface area contributed by atoms with Crippen LogP contribution in [0.5, 0.6) is 0 Å². The minimum atomic E-state index is 0.572. The number of rotatable bonds is 3. The van der Waals surface area contributed by atoms with Crippen molar-refractivity contribution in [2.24, 2.45) is 10.8 Å². The van der Waals surface area contributed by atoms with E-state index in [0.717, 1.165) is 24.5 Å². The van der Waals surface area contributed by atoms with Crippen molar-refractivity contribution in [2.45, 2.75) is 27.7 Å². The van der Waals surface area contributed by atoms with E-state index in [1.54, 1.807) is 0 Å². The second-order valence-electron chi connectivity index (χ2n) is 3.56. The molecule has 0 aromatic carbocycles. The van der Waals surface area contributed by atoms with Crippen LogP contribution >= 0.6 is 0 Å². The molecule has 1 aromatic rings. The summed E-state index contributed by atoms with van der Waals surface area (Å²) in [5, 5.41) is 4.40. The minimum absolute atomic E-state index is 0.572. The van der Waals surface area contributed by atoms with Crippen LogP contribution in [-0.4, -0.2) is 28.6 Å². The smallest absolute Gasteiger partial charge is 0.214 e. The SMILES string of the molecule is CCN(CC)/C(N)=N/n1c(C)ccc1C. The Morgan fingerprint density at radius 1 is 1.27 bits per heavy atom. The Hall–Kier alpha value is -1.45. The molecule has 0 amide bonds. The van der Waals surface area contributed by atoms with Crippen molar-refractivity contribution < 1.29 is 0 Å². The van der Waals surface area contributed by atoms with Gasteiger partial charge in [-0.2, -0.15) is 0 Å². The third-order valence-corrected chi connectivity index (χ3v) is 2.52. The van der Waals surface area contributed by atoms with Crippen LogP contribution in [0.2, 0.25) is 0 Å². The van der Waals surface area contributed by atoms with E-state index >= 15 is 0 Å². The van der Waals surface area contributed by atoms with Crippen LogP contribution in [-0.2, 0) is 0 Å². The van der Waals surface area contributed by atoms with Gasteiger partial charge in [0.1, 0.15) is 0 Å². The number of aromatic nitrogens is 1. The van der Waals surface area contributed by atoms with E-state index in [1.165, 1.54) is 0 Å². The molecule has 1 aromatic heterocycles. The molecule has 1 heterocycles. The molecule has 0 fully saturated rings.